The Bertz CT molecular complexity index is 627. The van der Waals surface area contributed by atoms with E-state index in [1.54, 1.807) is 6.20 Å². The van der Waals surface area contributed by atoms with Crippen molar-refractivity contribution in [2.75, 3.05) is 23.8 Å². The van der Waals surface area contributed by atoms with Crippen LogP contribution in [0.25, 0.3) is 10.9 Å². The van der Waals surface area contributed by atoms with Gasteiger partial charge in [0.05, 0.1) is 35.7 Å². The molecule has 1 unspecified atom stereocenters. The van der Waals surface area contributed by atoms with Gasteiger partial charge in [0.2, 0.25) is 0 Å². The van der Waals surface area contributed by atoms with Gasteiger partial charge in [-0.3, -0.25) is 4.98 Å². The van der Waals surface area contributed by atoms with Gasteiger partial charge in [-0.2, -0.15) is 0 Å². The molecule has 1 aliphatic rings. The first-order chi connectivity index (χ1) is 9.70. The Balaban J connectivity index is 2.17. The number of hydrogen-bond donors (Lipinski definition) is 2. The molecule has 0 aliphatic carbocycles. The highest BCUT2D eigenvalue weighted by atomic mass is 79.9. The minimum Gasteiger partial charge on any atom is -0.396 e. The number of nitrogen functional groups attached to an aromatic ring is 1. The Morgan fingerprint density at radius 3 is 3.05 bits per heavy atom. The molecule has 106 valence electrons. The quantitative estimate of drug-likeness (QED) is 0.885. The monoisotopic (exact) mass is 335 g/mol. The lowest BCUT2D eigenvalue weighted by Gasteiger charge is -2.37. The Kier molecular flexibility index (Phi) is 3.81. The Labute approximate surface area is 126 Å². The molecule has 4 nitrogen and oxygen atoms in total. The normalized spacial score (nSPS) is 19.5. The standard InChI is InChI=1S/C15H18BrN3O/c16-10-4-5-14-12(7-10)15(13(17)8-18-14)19-6-2-1-3-11(19)9-20/h4-5,7-8,11,20H,1-3,6,9,17H2. The summed E-state index contributed by atoms with van der Waals surface area (Å²) in [6.45, 7) is 1.10. The third kappa shape index (κ3) is 2.36. The average Bonchev–Trinajstić information content (AvgIpc) is 2.47. The molecule has 0 saturated carbocycles. The number of fused-ring (bicyclic) bond motifs is 1. The molecule has 0 spiro atoms. The summed E-state index contributed by atoms with van der Waals surface area (Å²) in [5.41, 5.74) is 8.80. The fourth-order valence-corrected chi connectivity index (χ4v) is 3.33. The molecule has 1 aromatic carbocycles. The highest BCUT2D eigenvalue weighted by molar-refractivity contribution is 9.10. The van der Waals surface area contributed by atoms with Gasteiger partial charge in [-0.05, 0) is 37.5 Å². The molecule has 20 heavy (non-hydrogen) atoms. The molecule has 3 N–H and O–H groups in total. The number of aromatic nitrogens is 1. The summed E-state index contributed by atoms with van der Waals surface area (Å²) in [4.78, 5) is 6.64. The maximum Gasteiger partial charge on any atom is 0.0745 e. The number of aliphatic hydroxyl groups excluding tert-OH is 1. The van der Waals surface area contributed by atoms with Crippen molar-refractivity contribution < 1.29 is 5.11 Å². The smallest absolute Gasteiger partial charge is 0.0745 e. The molecule has 1 aromatic heterocycles. The first-order valence-electron chi connectivity index (χ1n) is 6.92. The Hall–Kier alpha value is -1.33. The summed E-state index contributed by atoms with van der Waals surface area (Å²) in [7, 11) is 0. The number of rotatable bonds is 2. The van der Waals surface area contributed by atoms with Crippen molar-refractivity contribution in [2.24, 2.45) is 0 Å². The summed E-state index contributed by atoms with van der Waals surface area (Å²) in [5, 5.41) is 10.7. The van der Waals surface area contributed by atoms with E-state index in [4.69, 9.17) is 5.73 Å². The molecule has 1 atom stereocenters. The number of hydrogen-bond acceptors (Lipinski definition) is 4. The number of nitrogens with zero attached hydrogens (tertiary/aromatic N) is 2. The fraction of sp³-hybridized carbons (Fsp3) is 0.400. The number of piperidine rings is 1. The fourth-order valence-electron chi connectivity index (χ4n) is 2.97. The van der Waals surface area contributed by atoms with E-state index in [1.165, 1.54) is 0 Å². The van der Waals surface area contributed by atoms with Gasteiger partial charge in [0.1, 0.15) is 0 Å². The highest BCUT2D eigenvalue weighted by Crippen LogP contribution is 2.36. The van der Waals surface area contributed by atoms with Crippen molar-refractivity contribution >= 4 is 38.2 Å². The predicted octanol–water partition coefficient (Wildman–Crippen LogP) is 2.93. The lowest BCUT2D eigenvalue weighted by Crippen LogP contribution is -2.42. The molecular formula is C15H18BrN3O. The number of nitrogens with two attached hydrogens (primary N) is 1. The van der Waals surface area contributed by atoms with Crippen molar-refractivity contribution in [3.8, 4) is 0 Å². The van der Waals surface area contributed by atoms with Gasteiger partial charge in [-0.15, -0.1) is 0 Å². The van der Waals surface area contributed by atoms with Gasteiger partial charge in [0.15, 0.2) is 0 Å². The molecule has 5 heteroatoms. The molecule has 1 saturated heterocycles. The minimum absolute atomic E-state index is 0.149. The van der Waals surface area contributed by atoms with Crippen LogP contribution in [0.5, 0.6) is 0 Å². The van der Waals surface area contributed by atoms with Crippen molar-refractivity contribution in [2.45, 2.75) is 25.3 Å². The van der Waals surface area contributed by atoms with E-state index >= 15 is 0 Å². The van der Waals surface area contributed by atoms with Gasteiger partial charge in [-0.25, -0.2) is 0 Å². The van der Waals surface area contributed by atoms with E-state index in [0.717, 1.165) is 46.9 Å². The largest absolute Gasteiger partial charge is 0.396 e. The van der Waals surface area contributed by atoms with Crippen LogP contribution in [0.4, 0.5) is 11.4 Å². The first-order valence-corrected chi connectivity index (χ1v) is 7.71. The average molecular weight is 336 g/mol. The minimum atomic E-state index is 0.149. The highest BCUT2D eigenvalue weighted by Gasteiger charge is 2.25. The van der Waals surface area contributed by atoms with Gasteiger partial charge in [-0.1, -0.05) is 15.9 Å². The molecule has 1 aliphatic heterocycles. The zero-order valence-electron chi connectivity index (χ0n) is 11.2. The molecule has 0 bridgehead atoms. The van der Waals surface area contributed by atoms with Gasteiger partial charge in [0.25, 0.3) is 0 Å². The van der Waals surface area contributed by atoms with Crippen molar-refractivity contribution in [1.82, 2.24) is 4.98 Å². The van der Waals surface area contributed by atoms with E-state index in [0.29, 0.717) is 5.69 Å². The summed E-state index contributed by atoms with van der Waals surface area (Å²) in [6, 6.07) is 6.17. The topological polar surface area (TPSA) is 62.4 Å². The maximum atomic E-state index is 9.63. The van der Waals surface area contributed by atoms with Crippen molar-refractivity contribution in [3.05, 3.63) is 28.9 Å². The summed E-state index contributed by atoms with van der Waals surface area (Å²) < 4.78 is 1.01. The van der Waals surface area contributed by atoms with Crippen molar-refractivity contribution in [3.63, 3.8) is 0 Å². The van der Waals surface area contributed by atoms with E-state index in [1.807, 2.05) is 12.1 Å². The van der Waals surface area contributed by atoms with Crippen LogP contribution in [-0.4, -0.2) is 29.3 Å². The number of halogens is 1. The number of aliphatic hydroxyl groups is 1. The van der Waals surface area contributed by atoms with Crippen LogP contribution >= 0.6 is 15.9 Å². The molecular weight excluding hydrogens is 318 g/mol. The summed E-state index contributed by atoms with van der Waals surface area (Å²) in [5.74, 6) is 0. The predicted molar refractivity (Wildman–Crippen MR) is 85.9 cm³/mol. The van der Waals surface area contributed by atoms with E-state index < -0.39 is 0 Å². The maximum absolute atomic E-state index is 9.63. The second kappa shape index (κ2) is 5.58. The van der Waals surface area contributed by atoms with E-state index in [-0.39, 0.29) is 12.6 Å². The Morgan fingerprint density at radius 2 is 2.25 bits per heavy atom. The first kappa shape index (κ1) is 13.6. The SMILES string of the molecule is Nc1cnc2ccc(Br)cc2c1N1CCCCC1CO. The molecule has 2 heterocycles. The van der Waals surface area contributed by atoms with Crippen LogP contribution in [-0.2, 0) is 0 Å². The van der Waals surface area contributed by atoms with Crippen LogP contribution in [0.2, 0.25) is 0 Å². The third-order valence-corrected chi connectivity index (χ3v) is 4.45. The van der Waals surface area contributed by atoms with E-state index in [9.17, 15) is 5.11 Å². The Morgan fingerprint density at radius 1 is 1.40 bits per heavy atom. The van der Waals surface area contributed by atoms with Crippen LogP contribution < -0.4 is 10.6 Å². The zero-order chi connectivity index (χ0) is 14.1. The van der Waals surface area contributed by atoms with Crippen LogP contribution in [0.15, 0.2) is 28.9 Å². The van der Waals surface area contributed by atoms with Gasteiger partial charge >= 0.3 is 0 Å². The molecule has 0 radical (unpaired) electrons. The molecule has 0 amide bonds. The van der Waals surface area contributed by atoms with Gasteiger partial charge in [0, 0.05) is 16.4 Å². The van der Waals surface area contributed by atoms with Gasteiger partial charge < -0.3 is 15.7 Å². The van der Waals surface area contributed by atoms with Crippen LogP contribution in [0.3, 0.4) is 0 Å². The second-order valence-electron chi connectivity index (χ2n) is 5.25. The van der Waals surface area contributed by atoms with E-state index in [2.05, 4.69) is 31.9 Å². The van der Waals surface area contributed by atoms with Crippen LogP contribution in [0.1, 0.15) is 19.3 Å². The zero-order valence-corrected chi connectivity index (χ0v) is 12.8. The number of anilines is 2. The molecule has 3 rings (SSSR count). The number of pyridine rings is 1. The number of benzene rings is 1. The van der Waals surface area contributed by atoms with Crippen LogP contribution in [0, 0.1) is 0 Å². The lowest BCUT2D eigenvalue weighted by molar-refractivity contribution is 0.240. The summed E-state index contributed by atoms with van der Waals surface area (Å²) in [6.07, 6.45) is 5.02. The van der Waals surface area contributed by atoms with Crippen molar-refractivity contribution in [1.29, 1.82) is 0 Å². The summed E-state index contributed by atoms with van der Waals surface area (Å²) >= 11 is 3.51. The lowest BCUT2D eigenvalue weighted by atomic mass is 10.0. The molecule has 2 aromatic rings. The third-order valence-electron chi connectivity index (χ3n) is 3.95. The molecule has 1 fully saturated rings. The second-order valence-corrected chi connectivity index (χ2v) is 6.16.